The second-order valence-electron chi connectivity index (χ2n) is 7.00. The first-order chi connectivity index (χ1) is 15.1. The van der Waals surface area contributed by atoms with Crippen molar-refractivity contribution in [2.45, 2.75) is 36.7 Å². The minimum absolute atomic E-state index is 0.0165. The Morgan fingerprint density at radius 2 is 1.81 bits per heavy atom. The highest BCUT2D eigenvalue weighted by Crippen LogP contribution is 2.33. The van der Waals surface area contributed by atoms with Gasteiger partial charge >= 0.3 is 5.97 Å². The summed E-state index contributed by atoms with van der Waals surface area (Å²) in [6, 6.07) is 10.2. The van der Waals surface area contributed by atoms with Crippen LogP contribution in [0.5, 0.6) is 11.5 Å². The van der Waals surface area contributed by atoms with Crippen molar-refractivity contribution < 1.29 is 33.0 Å². The fourth-order valence-corrected chi connectivity index (χ4v) is 4.48. The summed E-state index contributed by atoms with van der Waals surface area (Å²) in [5.74, 6) is -1.27. The molecule has 3 rings (SSSR count). The van der Waals surface area contributed by atoms with Crippen LogP contribution in [-0.2, 0) is 22.9 Å². The highest BCUT2D eigenvalue weighted by Gasteiger charge is 2.21. The molecule has 1 aromatic heterocycles. The number of hydrogen-bond acceptors (Lipinski definition) is 7. The quantitative estimate of drug-likeness (QED) is 0.492. The number of nitrogens with zero attached hydrogens (tertiary/aromatic N) is 1. The Hall–Kier alpha value is -3.72. The Kier molecular flexibility index (Phi) is 6.59. The molecule has 0 radical (unpaired) electrons. The summed E-state index contributed by atoms with van der Waals surface area (Å²) in [7, 11) is -3.99. The van der Waals surface area contributed by atoms with Gasteiger partial charge in [-0.1, -0.05) is 19.1 Å². The summed E-state index contributed by atoms with van der Waals surface area (Å²) in [5, 5.41) is 19.4. The van der Waals surface area contributed by atoms with E-state index in [1.807, 2.05) is 6.92 Å². The fourth-order valence-electron chi connectivity index (χ4n) is 3.16. The predicted octanol–water partition coefficient (Wildman–Crippen LogP) is 3.66. The highest BCUT2D eigenvalue weighted by molar-refractivity contribution is 7.91. The van der Waals surface area contributed by atoms with Crippen LogP contribution in [0.15, 0.2) is 64.6 Å². The van der Waals surface area contributed by atoms with Crippen molar-refractivity contribution in [1.82, 2.24) is 4.98 Å². The van der Waals surface area contributed by atoms with E-state index in [-0.39, 0.29) is 39.1 Å². The molecule has 0 fully saturated rings. The minimum Gasteiger partial charge on any atom is -0.507 e. The molecule has 0 aliphatic carbocycles. The number of phenolic OH excluding ortho intramolecular Hbond substituents is 1. The molecule has 8 nitrogen and oxygen atoms in total. The fraction of sp³-hybridized carbons (Fsp3) is 0.174. The number of Topliss-reactive ketones (excluding diaryl/α,β-unsaturated/α-hetero) is 1. The van der Waals surface area contributed by atoms with Crippen molar-refractivity contribution in [2.24, 2.45) is 0 Å². The van der Waals surface area contributed by atoms with E-state index in [1.165, 1.54) is 25.1 Å². The molecule has 0 amide bonds. The molecule has 0 saturated heterocycles. The largest absolute Gasteiger partial charge is 0.507 e. The minimum atomic E-state index is -3.99. The van der Waals surface area contributed by atoms with Crippen molar-refractivity contribution >= 4 is 21.6 Å². The van der Waals surface area contributed by atoms with Gasteiger partial charge < -0.3 is 14.9 Å². The van der Waals surface area contributed by atoms with Crippen LogP contribution in [0.2, 0.25) is 0 Å². The van der Waals surface area contributed by atoms with Gasteiger partial charge in [-0.2, -0.15) is 0 Å². The maximum absolute atomic E-state index is 12.9. The second-order valence-corrected chi connectivity index (χ2v) is 8.95. The van der Waals surface area contributed by atoms with E-state index in [1.54, 1.807) is 18.2 Å². The van der Waals surface area contributed by atoms with Gasteiger partial charge in [-0.25, -0.2) is 13.2 Å². The molecule has 0 aliphatic rings. The summed E-state index contributed by atoms with van der Waals surface area (Å²) >= 11 is 0. The van der Waals surface area contributed by atoms with E-state index in [0.717, 1.165) is 18.5 Å². The van der Waals surface area contributed by atoms with Gasteiger partial charge in [0.15, 0.2) is 5.78 Å². The maximum atomic E-state index is 12.9. The molecule has 32 heavy (non-hydrogen) atoms. The van der Waals surface area contributed by atoms with Crippen LogP contribution in [0.3, 0.4) is 0 Å². The topological polar surface area (TPSA) is 131 Å². The summed E-state index contributed by atoms with van der Waals surface area (Å²) in [6.07, 6.45) is 2.60. The number of carbonyl (C=O) groups is 2. The molecule has 2 aromatic carbocycles. The lowest BCUT2D eigenvalue weighted by Crippen LogP contribution is -2.07. The van der Waals surface area contributed by atoms with Crippen molar-refractivity contribution in [3.8, 4) is 11.5 Å². The van der Waals surface area contributed by atoms with Gasteiger partial charge in [0.2, 0.25) is 9.84 Å². The average Bonchev–Trinajstić information content (AvgIpc) is 2.77. The van der Waals surface area contributed by atoms with Crippen LogP contribution in [0, 0.1) is 0 Å². The van der Waals surface area contributed by atoms with Gasteiger partial charge in [0.25, 0.3) is 0 Å². The van der Waals surface area contributed by atoms with Gasteiger partial charge in [-0.05, 0) is 49.2 Å². The number of ketones is 1. The first-order valence-electron chi connectivity index (χ1n) is 9.66. The molecule has 0 unspecified atom stereocenters. The number of carboxylic acid groups (broad SMARTS) is 1. The third kappa shape index (κ3) is 4.62. The van der Waals surface area contributed by atoms with Crippen molar-refractivity contribution in [1.29, 1.82) is 0 Å². The molecule has 1 heterocycles. The molecule has 2 N–H and O–H groups in total. The van der Waals surface area contributed by atoms with E-state index in [2.05, 4.69) is 4.98 Å². The van der Waals surface area contributed by atoms with Gasteiger partial charge in [0.1, 0.15) is 18.1 Å². The average molecular weight is 455 g/mol. The maximum Gasteiger partial charge on any atom is 0.337 e. The molecule has 9 heteroatoms. The highest BCUT2D eigenvalue weighted by atomic mass is 32.2. The van der Waals surface area contributed by atoms with E-state index in [4.69, 9.17) is 9.84 Å². The van der Waals surface area contributed by atoms with Crippen LogP contribution in [-0.4, -0.2) is 35.4 Å². The lowest BCUT2D eigenvalue weighted by Gasteiger charge is -2.14. The monoisotopic (exact) mass is 455 g/mol. The Labute approximate surface area is 185 Å². The molecular weight excluding hydrogens is 434 g/mol. The zero-order valence-corrected chi connectivity index (χ0v) is 18.2. The number of aromatic carboxylic acids is 1. The number of carboxylic acids is 1. The van der Waals surface area contributed by atoms with E-state index >= 15 is 0 Å². The molecule has 166 valence electrons. The Morgan fingerprint density at radius 3 is 2.47 bits per heavy atom. The van der Waals surface area contributed by atoms with Crippen LogP contribution in [0.4, 0.5) is 0 Å². The summed E-state index contributed by atoms with van der Waals surface area (Å²) in [4.78, 5) is 26.2. The molecular formula is C23H21NO7S. The van der Waals surface area contributed by atoms with Crippen molar-refractivity contribution in [3.05, 3.63) is 77.1 Å². The molecule has 0 bridgehead atoms. The number of hydrogen-bond donors (Lipinski definition) is 2. The van der Waals surface area contributed by atoms with Crippen LogP contribution in [0.1, 0.15) is 45.7 Å². The van der Waals surface area contributed by atoms with Crippen LogP contribution in [0.25, 0.3) is 0 Å². The number of aromatic nitrogens is 1. The predicted molar refractivity (Wildman–Crippen MR) is 115 cm³/mol. The van der Waals surface area contributed by atoms with Gasteiger partial charge in [0.05, 0.1) is 20.9 Å². The number of rotatable bonds is 8. The molecule has 0 saturated carbocycles. The van der Waals surface area contributed by atoms with Crippen LogP contribution >= 0.6 is 0 Å². The lowest BCUT2D eigenvalue weighted by atomic mass is 10.0. The smallest absolute Gasteiger partial charge is 0.337 e. The summed E-state index contributed by atoms with van der Waals surface area (Å²) < 4.78 is 31.7. The van der Waals surface area contributed by atoms with Gasteiger partial charge in [0, 0.05) is 18.0 Å². The second kappa shape index (κ2) is 9.19. The number of ether oxygens (including phenoxy) is 1. The normalized spacial score (nSPS) is 11.2. The number of pyridine rings is 1. The summed E-state index contributed by atoms with van der Waals surface area (Å²) in [6.45, 7) is 3.20. The first-order valence-corrected chi connectivity index (χ1v) is 11.1. The molecule has 0 atom stereocenters. The zero-order valence-electron chi connectivity index (χ0n) is 17.4. The molecule has 3 aromatic rings. The number of aromatic hydroxyl groups is 1. The van der Waals surface area contributed by atoms with E-state index in [0.29, 0.717) is 23.3 Å². The number of phenols is 1. The first kappa shape index (κ1) is 23.0. The van der Waals surface area contributed by atoms with Crippen LogP contribution < -0.4 is 4.74 Å². The Balaban J connectivity index is 1.88. The Morgan fingerprint density at radius 1 is 1.06 bits per heavy atom. The number of sulfone groups is 1. The summed E-state index contributed by atoms with van der Waals surface area (Å²) in [5.41, 5.74) is 1.01. The Bertz CT molecular complexity index is 1300. The van der Waals surface area contributed by atoms with Crippen molar-refractivity contribution in [3.63, 3.8) is 0 Å². The zero-order chi connectivity index (χ0) is 23.5. The van der Waals surface area contributed by atoms with Crippen molar-refractivity contribution in [2.75, 3.05) is 0 Å². The van der Waals surface area contributed by atoms with Gasteiger partial charge in [-0.3, -0.25) is 9.78 Å². The lowest BCUT2D eigenvalue weighted by molar-refractivity contribution is 0.0696. The number of carbonyl (C=O) groups excluding carboxylic acids is 1. The van der Waals surface area contributed by atoms with E-state index < -0.39 is 15.8 Å². The third-order valence-corrected chi connectivity index (χ3v) is 6.56. The molecule has 0 spiro atoms. The molecule has 0 aliphatic heterocycles. The third-order valence-electron chi connectivity index (χ3n) is 4.85. The SMILES string of the molecule is CCc1c(OCc2cccc(S(=O)(=O)c3cncc(C(=O)O)c3)c2)ccc(C(C)=O)c1O. The standard InChI is InChI=1S/C23H21NO7S/c1-3-19-21(8-7-20(14(2)25)22(19)26)31-13-15-5-4-6-17(9-15)32(29,30)18-10-16(23(27)28)11-24-12-18/h4-12,26H,3,13H2,1-2H3,(H,27,28). The number of benzene rings is 2. The van der Waals surface area contributed by atoms with Gasteiger partial charge in [-0.15, -0.1) is 0 Å². The van der Waals surface area contributed by atoms with E-state index in [9.17, 15) is 23.1 Å².